The third kappa shape index (κ3) is 4.71. The van der Waals surface area contributed by atoms with Crippen LogP contribution in [0.4, 0.5) is 5.69 Å². The lowest BCUT2D eigenvalue weighted by molar-refractivity contribution is -0.137. The van der Waals surface area contributed by atoms with E-state index >= 15 is 0 Å². The molecule has 0 amide bonds. The molecule has 3 aliphatic rings. The highest BCUT2D eigenvalue weighted by Crippen LogP contribution is 2.42. The maximum absolute atomic E-state index is 10.8. The van der Waals surface area contributed by atoms with Crippen molar-refractivity contribution in [2.24, 2.45) is 10.4 Å². The molecule has 33 heavy (non-hydrogen) atoms. The van der Waals surface area contributed by atoms with Crippen LogP contribution in [0.3, 0.4) is 0 Å². The number of nitrogens with zero attached hydrogens (tertiary/aromatic N) is 5. The molecule has 0 bridgehead atoms. The molecule has 174 valence electrons. The topological polar surface area (TPSA) is 95.1 Å². The summed E-state index contributed by atoms with van der Waals surface area (Å²) in [6.45, 7) is 9.54. The summed E-state index contributed by atoms with van der Waals surface area (Å²) in [6.07, 6.45) is 3.47. The first-order valence-electron chi connectivity index (χ1n) is 11.8. The number of anilines is 1. The van der Waals surface area contributed by atoms with Gasteiger partial charge in [0.1, 0.15) is 5.71 Å². The second-order valence-electron chi connectivity index (χ2n) is 10.0. The highest BCUT2D eigenvalue weighted by molar-refractivity contribution is 6.12. The number of aliphatic carboxylic acids is 1. The van der Waals surface area contributed by atoms with E-state index in [-0.39, 0.29) is 6.42 Å². The SMILES string of the molecule is CC1(C)CCC2=C(CN=C2c2nc(-c3ccc(N4CCN(CCC(=O)O)CC4)cc3)no2)C1. The Hall–Kier alpha value is -3.00. The summed E-state index contributed by atoms with van der Waals surface area (Å²) < 4.78 is 5.62. The molecule has 5 rings (SSSR count). The second-order valence-corrected chi connectivity index (χ2v) is 10.0. The molecule has 0 spiro atoms. The summed E-state index contributed by atoms with van der Waals surface area (Å²) in [5.41, 5.74) is 6.04. The standard InChI is InChI=1S/C25H31N5O3/c1-25(2)9-7-20-18(15-25)16-26-22(20)24-27-23(28-33-24)17-3-5-19(6-4-17)30-13-11-29(12-14-30)10-8-21(31)32/h3-6H,7-16H2,1-2H3,(H,31,32). The van der Waals surface area contributed by atoms with Crippen LogP contribution in [0.1, 0.15) is 45.4 Å². The zero-order valence-electron chi connectivity index (χ0n) is 19.4. The van der Waals surface area contributed by atoms with Crippen molar-refractivity contribution in [2.45, 2.75) is 39.5 Å². The van der Waals surface area contributed by atoms with Gasteiger partial charge < -0.3 is 14.5 Å². The Morgan fingerprint density at radius 2 is 1.91 bits per heavy atom. The van der Waals surface area contributed by atoms with Gasteiger partial charge in [0.15, 0.2) is 0 Å². The van der Waals surface area contributed by atoms with Crippen LogP contribution >= 0.6 is 0 Å². The summed E-state index contributed by atoms with van der Waals surface area (Å²) in [7, 11) is 0. The van der Waals surface area contributed by atoms with Crippen molar-refractivity contribution in [3.63, 3.8) is 0 Å². The van der Waals surface area contributed by atoms with Gasteiger partial charge in [0.2, 0.25) is 5.82 Å². The molecule has 0 radical (unpaired) electrons. The molecule has 1 aliphatic carbocycles. The lowest BCUT2D eigenvalue weighted by atomic mass is 9.74. The van der Waals surface area contributed by atoms with Crippen LogP contribution < -0.4 is 4.90 Å². The van der Waals surface area contributed by atoms with E-state index < -0.39 is 5.97 Å². The number of aromatic nitrogens is 2. The monoisotopic (exact) mass is 449 g/mol. The molecule has 2 aromatic rings. The normalized spacial score (nSPS) is 20.7. The van der Waals surface area contributed by atoms with E-state index in [0.717, 1.165) is 68.9 Å². The average molecular weight is 450 g/mol. The van der Waals surface area contributed by atoms with Gasteiger partial charge in [-0.3, -0.25) is 14.7 Å². The first-order valence-corrected chi connectivity index (χ1v) is 11.8. The number of carbonyl (C=O) groups is 1. The number of hydrogen-bond donors (Lipinski definition) is 1. The third-order valence-corrected chi connectivity index (χ3v) is 7.02. The van der Waals surface area contributed by atoms with Crippen LogP contribution in [-0.4, -0.2) is 71.1 Å². The number of carboxylic acid groups (broad SMARTS) is 1. The Bertz CT molecular complexity index is 1090. The molecule has 1 N–H and O–H groups in total. The summed E-state index contributed by atoms with van der Waals surface area (Å²) >= 11 is 0. The fraction of sp³-hybridized carbons (Fsp3) is 0.520. The highest BCUT2D eigenvalue weighted by atomic mass is 16.5. The van der Waals surface area contributed by atoms with Gasteiger partial charge in [-0.25, -0.2) is 0 Å². The first kappa shape index (κ1) is 21.8. The number of carboxylic acids is 1. The van der Waals surface area contributed by atoms with Crippen LogP contribution in [0.25, 0.3) is 11.4 Å². The van der Waals surface area contributed by atoms with Gasteiger partial charge in [-0.1, -0.05) is 19.0 Å². The van der Waals surface area contributed by atoms with Gasteiger partial charge in [0.25, 0.3) is 5.89 Å². The minimum atomic E-state index is -0.738. The zero-order chi connectivity index (χ0) is 23.0. The van der Waals surface area contributed by atoms with E-state index in [0.29, 0.717) is 23.7 Å². The Morgan fingerprint density at radius 3 is 2.64 bits per heavy atom. The first-order chi connectivity index (χ1) is 15.9. The molecular weight excluding hydrogens is 418 g/mol. The molecule has 1 saturated heterocycles. The average Bonchev–Trinajstić information content (AvgIpc) is 3.44. The predicted molar refractivity (Wildman–Crippen MR) is 127 cm³/mol. The van der Waals surface area contributed by atoms with Crippen LogP contribution in [-0.2, 0) is 4.79 Å². The number of piperazine rings is 1. The number of aliphatic imine (C=N–C) groups is 1. The van der Waals surface area contributed by atoms with Crippen molar-refractivity contribution in [1.82, 2.24) is 15.0 Å². The van der Waals surface area contributed by atoms with Crippen molar-refractivity contribution >= 4 is 17.4 Å². The molecular formula is C25H31N5O3. The Kier molecular flexibility index (Phi) is 5.78. The van der Waals surface area contributed by atoms with Gasteiger partial charge in [0.05, 0.1) is 13.0 Å². The second kappa shape index (κ2) is 8.74. The van der Waals surface area contributed by atoms with Gasteiger partial charge in [-0.2, -0.15) is 4.98 Å². The minimum absolute atomic E-state index is 0.199. The van der Waals surface area contributed by atoms with Crippen LogP contribution in [0.2, 0.25) is 0 Å². The van der Waals surface area contributed by atoms with Gasteiger partial charge in [-0.05, 0) is 60.1 Å². The van der Waals surface area contributed by atoms with E-state index in [4.69, 9.17) is 14.6 Å². The quantitative estimate of drug-likeness (QED) is 0.719. The lowest BCUT2D eigenvalue weighted by Gasteiger charge is -2.35. The summed E-state index contributed by atoms with van der Waals surface area (Å²) in [5, 5.41) is 13.1. The van der Waals surface area contributed by atoms with Gasteiger partial charge >= 0.3 is 5.97 Å². The summed E-state index contributed by atoms with van der Waals surface area (Å²) in [5.74, 6) is 0.372. The number of hydrogen-bond acceptors (Lipinski definition) is 7. The Morgan fingerprint density at radius 1 is 1.15 bits per heavy atom. The van der Waals surface area contributed by atoms with Crippen molar-refractivity contribution in [2.75, 3.05) is 44.2 Å². The Balaban J connectivity index is 1.23. The van der Waals surface area contributed by atoms with E-state index in [1.54, 1.807) is 0 Å². The smallest absolute Gasteiger partial charge is 0.304 e. The van der Waals surface area contributed by atoms with E-state index in [2.05, 4.69) is 45.9 Å². The lowest BCUT2D eigenvalue weighted by Crippen LogP contribution is -2.46. The fourth-order valence-corrected chi connectivity index (χ4v) is 5.06. The molecule has 0 unspecified atom stereocenters. The molecule has 1 fully saturated rings. The maximum atomic E-state index is 10.8. The fourth-order valence-electron chi connectivity index (χ4n) is 5.06. The third-order valence-electron chi connectivity index (χ3n) is 7.02. The zero-order valence-corrected chi connectivity index (χ0v) is 19.4. The molecule has 8 nitrogen and oxygen atoms in total. The minimum Gasteiger partial charge on any atom is -0.481 e. The summed E-state index contributed by atoms with van der Waals surface area (Å²) in [4.78, 5) is 24.7. The number of allylic oxidation sites excluding steroid dienone is 1. The van der Waals surface area contributed by atoms with E-state index in [1.807, 2.05) is 12.1 Å². The predicted octanol–water partition coefficient (Wildman–Crippen LogP) is 3.64. The van der Waals surface area contributed by atoms with Crippen molar-refractivity contribution in [1.29, 1.82) is 0 Å². The molecule has 1 aromatic heterocycles. The van der Waals surface area contributed by atoms with Crippen LogP contribution in [0.15, 0.2) is 44.9 Å². The van der Waals surface area contributed by atoms with E-state index in [1.165, 1.54) is 11.1 Å². The molecule has 0 atom stereocenters. The Labute approximate surface area is 194 Å². The molecule has 8 heteroatoms. The van der Waals surface area contributed by atoms with Crippen LogP contribution in [0, 0.1) is 5.41 Å². The van der Waals surface area contributed by atoms with Crippen molar-refractivity contribution in [3.8, 4) is 11.4 Å². The van der Waals surface area contributed by atoms with Gasteiger partial charge in [-0.15, -0.1) is 0 Å². The molecule has 3 heterocycles. The highest BCUT2D eigenvalue weighted by Gasteiger charge is 2.33. The van der Waals surface area contributed by atoms with Crippen molar-refractivity contribution in [3.05, 3.63) is 41.3 Å². The number of benzene rings is 1. The molecule has 1 aromatic carbocycles. The molecule has 0 saturated carbocycles. The summed E-state index contributed by atoms with van der Waals surface area (Å²) in [6, 6.07) is 8.25. The number of rotatable bonds is 6. The van der Waals surface area contributed by atoms with Gasteiger partial charge in [0, 0.05) is 44.0 Å². The maximum Gasteiger partial charge on any atom is 0.304 e. The largest absolute Gasteiger partial charge is 0.481 e. The van der Waals surface area contributed by atoms with Crippen LogP contribution in [0.5, 0.6) is 0 Å². The molecule has 2 aliphatic heterocycles. The van der Waals surface area contributed by atoms with Crippen molar-refractivity contribution < 1.29 is 14.4 Å². The van der Waals surface area contributed by atoms with E-state index in [9.17, 15) is 4.79 Å².